The summed E-state index contributed by atoms with van der Waals surface area (Å²) in [5.74, 6) is -0.314. The van der Waals surface area contributed by atoms with E-state index in [-0.39, 0.29) is 24.5 Å². The number of ether oxygens (including phenoxy) is 2. The molecule has 20 heavy (non-hydrogen) atoms. The number of benzene rings is 1. The molecule has 1 aliphatic rings. The van der Waals surface area contributed by atoms with Gasteiger partial charge in [0.1, 0.15) is 6.61 Å². The van der Waals surface area contributed by atoms with E-state index in [0.717, 1.165) is 18.4 Å². The summed E-state index contributed by atoms with van der Waals surface area (Å²) in [6.45, 7) is 0.250. The monoisotopic (exact) mass is 277 g/mol. The molecule has 1 aliphatic carbocycles. The average Bonchev–Trinajstić information content (AvgIpc) is 2.94. The van der Waals surface area contributed by atoms with Crippen molar-refractivity contribution in [2.45, 2.75) is 31.9 Å². The van der Waals surface area contributed by atoms with Crippen molar-refractivity contribution < 1.29 is 19.1 Å². The second-order valence-corrected chi connectivity index (χ2v) is 4.94. The van der Waals surface area contributed by atoms with Gasteiger partial charge in [0.05, 0.1) is 13.0 Å². The maximum absolute atomic E-state index is 11.7. The molecule has 2 rings (SSSR count). The van der Waals surface area contributed by atoms with Crippen LogP contribution >= 0.6 is 0 Å². The number of carbonyl (C=O) groups is 2. The molecule has 0 spiro atoms. The van der Waals surface area contributed by atoms with Crippen molar-refractivity contribution in [3.63, 3.8) is 0 Å². The number of alkyl carbamates (subject to hydrolysis) is 1. The standard InChI is InChI=1S/C15H19NO4/c1-19-14(17)12-7-8-13(9-12)16-15(18)20-10-11-5-3-2-4-6-11/h2-6,12-13H,7-10H2,1H3,(H,16,18)/t12-,13-/m0/s1. The first-order valence-electron chi connectivity index (χ1n) is 6.74. The summed E-state index contributed by atoms with van der Waals surface area (Å²) >= 11 is 0. The van der Waals surface area contributed by atoms with Crippen LogP contribution in [0.25, 0.3) is 0 Å². The summed E-state index contributed by atoms with van der Waals surface area (Å²) in [6, 6.07) is 9.49. The summed E-state index contributed by atoms with van der Waals surface area (Å²) in [7, 11) is 1.39. The molecule has 0 radical (unpaired) electrons. The minimum atomic E-state index is -0.440. The lowest BCUT2D eigenvalue weighted by molar-refractivity contribution is -0.145. The van der Waals surface area contributed by atoms with Crippen molar-refractivity contribution in [3.8, 4) is 0 Å². The molecule has 5 nitrogen and oxygen atoms in total. The third-order valence-corrected chi connectivity index (χ3v) is 3.50. The van der Waals surface area contributed by atoms with E-state index >= 15 is 0 Å². The van der Waals surface area contributed by atoms with Gasteiger partial charge >= 0.3 is 12.1 Å². The molecule has 2 atom stereocenters. The van der Waals surface area contributed by atoms with Crippen molar-refractivity contribution >= 4 is 12.1 Å². The molecule has 1 saturated carbocycles. The molecule has 5 heteroatoms. The minimum absolute atomic E-state index is 0.0117. The van der Waals surface area contributed by atoms with Crippen LogP contribution in [0.3, 0.4) is 0 Å². The first kappa shape index (κ1) is 14.4. The first-order chi connectivity index (χ1) is 9.69. The van der Waals surface area contributed by atoms with Crippen molar-refractivity contribution in [1.82, 2.24) is 5.32 Å². The molecule has 0 saturated heterocycles. The van der Waals surface area contributed by atoms with E-state index < -0.39 is 6.09 Å². The van der Waals surface area contributed by atoms with E-state index in [2.05, 4.69) is 5.32 Å². The van der Waals surface area contributed by atoms with Gasteiger partial charge in [-0.15, -0.1) is 0 Å². The fourth-order valence-corrected chi connectivity index (χ4v) is 2.42. The maximum atomic E-state index is 11.7. The summed E-state index contributed by atoms with van der Waals surface area (Å²) in [5.41, 5.74) is 0.946. The SMILES string of the molecule is COC(=O)[C@H]1CC[C@H](NC(=O)OCc2ccccc2)C1. The van der Waals surface area contributed by atoms with Crippen molar-refractivity contribution in [2.75, 3.05) is 7.11 Å². The zero-order chi connectivity index (χ0) is 14.4. The normalized spacial score (nSPS) is 21.2. The molecular formula is C15H19NO4. The van der Waals surface area contributed by atoms with Gasteiger partial charge in [-0.1, -0.05) is 30.3 Å². The Morgan fingerprint density at radius 3 is 2.70 bits per heavy atom. The number of rotatable bonds is 4. The number of hydrogen-bond acceptors (Lipinski definition) is 4. The summed E-state index contributed by atoms with van der Waals surface area (Å²) in [4.78, 5) is 23.1. The third kappa shape index (κ3) is 3.98. The minimum Gasteiger partial charge on any atom is -0.469 e. The highest BCUT2D eigenvalue weighted by Gasteiger charge is 2.31. The topological polar surface area (TPSA) is 64.6 Å². The Hall–Kier alpha value is -2.04. The fraction of sp³-hybridized carbons (Fsp3) is 0.467. The molecule has 0 unspecified atom stereocenters. The van der Waals surface area contributed by atoms with E-state index in [1.54, 1.807) is 0 Å². The Morgan fingerprint density at radius 2 is 2.00 bits per heavy atom. The largest absolute Gasteiger partial charge is 0.469 e. The van der Waals surface area contributed by atoms with Crippen LogP contribution in [0.1, 0.15) is 24.8 Å². The fourth-order valence-electron chi connectivity index (χ4n) is 2.42. The Labute approximate surface area is 118 Å². The molecule has 0 aliphatic heterocycles. The molecule has 108 valence electrons. The number of nitrogens with one attached hydrogen (secondary N) is 1. The highest BCUT2D eigenvalue weighted by Crippen LogP contribution is 2.26. The lowest BCUT2D eigenvalue weighted by Gasteiger charge is -2.13. The van der Waals surface area contributed by atoms with Gasteiger partial charge in [-0.25, -0.2) is 4.79 Å². The number of carbonyl (C=O) groups excluding carboxylic acids is 2. The highest BCUT2D eigenvalue weighted by molar-refractivity contribution is 5.73. The van der Waals surface area contributed by atoms with Crippen LogP contribution in [0.2, 0.25) is 0 Å². The van der Waals surface area contributed by atoms with E-state index in [9.17, 15) is 9.59 Å². The van der Waals surface area contributed by atoms with Crippen molar-refractivity contribution in [1.29, 1.82) is 0 Å². The molecule has 0 aromatic heterocycles. The molecule has 1 fully saturated rings. The Bertz CT molecular complexity index is 460. The summed E-state index contributed by atoms with van der Waals surface area (Å²) in [6.07, 6.45) is 1.70. The molecule has 0 bridgehead atoms. The van der Waals surface area contributed by atoms with Crippen LogP contribution in [0.5, 0.6) is 0 Å². The molecule has 1 N–H and O–H groups in total. The van der Waals surface area contributed by atoms with Gasteiger partial charge in [0, 0.05) is 6.04 Å². The third-order valence-electron chi connectivity index (χ3n) is 3.50. The van der Waals surface area contributed by atoms with Crippen molar-refractivity contribution in [2.24, 2.45) is 5.92 Å². The van der Waals surface area contributed by atoms with Gasteiger partial charge < -0.3 is 14.8 Å². The molecule has 1 aromatic rings. The lowest BCUT2D eigenvalue weighted by atomic mass is 10.1. The van der Waals surface area contributed by atoms with Crippen LogP contribution in [-0.4, -0.2) is 25.2 Å². The summed E-state index contributed by atoms with van der Waals surface area (Å²) < 4.78 is 9.86. The van der Waals surface area contributed by atoms with Crippen LogP contribution in [0.4, 0.5) is 4.79 Å². The zero-order valence-corrected chi connectivity index (χ0v) is 11.5. The van der Waals surface area contributed by atoms with Gasteiger partial charge in [-0.05, 0) is 24.8 Å². The lowest BCUT2D eigenvalue weighted by Crippen LogP contribution is -2.33. The molecule has 1 aromatic carbocycles. The van der Waals surface area contributed by atoms with Crippen LogP contribution < -0.4 is 5.32 Å². The van der Waals surface area contributed by atoms with E-state index in [1.807, 2.05) is 30.3 Å². The maximum Gasteiger partial charge on any atom is 0.407 e. The highest BCUT2D eigenvalue weighted by atomic mass is 16.5. The quantitative estimate of drug-likeness (QED) is 0.857. The van der Waals surface area contributed by atoms with E-state index in [1.165, 1.54) is 7.11 Å². The number of methoxy groups -OCH3 is 1. The second kappa shape index (κ2) is 6.93. The Morgan fingerprint density at radius 1 is 1.25 bits per heavy atom. The van der Waals surface area contributed by atoms with Crippen LogP contribution in [0.15, 0.2) is 30.3 Å². The van der Waals surface area contributed by atoms with Crippen molar-refractivity contribution in [3.05, 3.63) is 35.9 Å². The van der Waals surface area contributed by atoms with Crippen LogP contribution in [0, 0.1) is 5.92 Å². The second-order valence-electron chi connectivity index (χ2n) is 4.94. The van der Waals surface area contributed by atoms with E-state index in [0.29, 0.717) is 6.42 Å². The zero-order valence-electron chi connectivity index (χ0n) is 11.5. The molecule has 0 heterocycles. The molecular weight excluding hydrogens is 258 g/mol. The summed E-state index contributed by atoms with van der Waals surface area (Å²) in [5, 5.41) is 2.79. The number of amides is 1. The van der Waals surface area contributed by atoms with Gasteiger partial charge in [-0.2, -0.15) is 0 Å². The number of hydrogen-bond donors (Lipinski definition) is 1. The Balaban J connectivity index is 1.72. The predicted molar refractivity (Wildman–Crippen MR) is 72.9 cm³/mol. The van der Waals surface area contributed by atoms with Gasteiger partial charge in [0.25, 0.3) is 0 Å². The molecule has 1 amide bonds. The predicted octanol–water partition coefficient (Wildman–Crippen LogP) is 2.25. The smallest absolute Gasteiger partial charge is 0.407 e. The Kier molecular flexibility index (Phi) is 4.98. The van der Waals surface area contributed by atoms with E-state index in [4.69, 9.17) is 9.47 Å². The van der Waals surface area contributed by atoms with Gasteiger partial charge in [0.2, 0.25) is 0 Å². The van der Waals surface area contributed by atoms with Gasteiger partial charge in [0.15, 0.2) is 0 Å². The van der Waals surface area contributed by atoms with Crippen LogP contribution in [-0.2, 0) is 20.9 Å². The van der Waals surface area contributed by atoms with Gasteiger partial charge in [-0.3, -0.25) is 4.79 Å². The number of esters is 1. The first-order valence-corrected chi connectivity index (χ1v) is 6.74. The average molecular weight is 277 g/mol.